The molecule has 4 aromatic rings. The first-order valence-electron chi connectivity index (χ1n) is 10.8. The molecule has 0 N–H and O–H groups in total. The van der Waals surface area contributed by atoms with Gasteiger partial charge >= 0.3 is 0 Å². The van der Waals surface area contributed by atoms with E-state index in [9.17, 15) is 0 Å². The van der Waals surface area contributed by atoms with Crippen LogP contribution in [-0.4, -0.2) is 31.7 Å². The molecule has 8 heteroatoms. The fourth-order valence-corrected chi connectivity index (χ4v) is 3.63. The van der Waals surface area contributed by atoms with Crippen LogP contribution in [0.1, 0.15) is 32.0 Å². The van der Waals surface area contributed by atoms with Crippen molar-refractivity contribution in [2.45, 2.75) is 33.1 Å². The molecule has 0 bridgehead atoms. The van der Waals surface area contributed by atoms with Crippen molar-refractivity contribution in [3.8, 4) is 17.3 Å². The van der Waals surface area contributed by atoms with E-state index in [0.717, 1.165) is 28.2 Å². The second-order valence-electron chi connectivity index (χ2n) is 9.08. The minimum absolute atomic E-state index is 0. The number of hydrogen-bond acceptors (Lipinski definition) is 6. The molecule has 3 aromatic heterocycles. The van der Waals surface area contributed by atoms with Crippen LogP contribution >= 0.6 is 0 Å². The Kier molecular flexibility index (Phi) is 6.50. The Bertz CT molecular complexity index is 1360. The molecule has 0 saturated heterocycles. The SMILES string of the molecule is Cc1nn(-c2cc(C(C)(C)C)ccn2)c2[c-]c(Oc3[c-]c(N4C=CN(C)[CH-]4)ccc3)cnc12.[Pt]. The summed E-state index contributed by atoms with van der Waals surface area (Å²) in [5, 5.41) is 4.68. The summed E-state index contributed by atoms with van der Waals surface area (Å²) in [6.45, 7) is 10.4. The molecule has 0 amide bonds. The average molecular weight is 633 g/mol. The molecular formula is C26H25N6OPt-3. The summed E-state index contributed by atoms with van der Waals surface area (Å²) in [6.07, 6.45) is 7.42. The first-order chi connectivity index (χ1) is 15.8. The van der Waals surface area contributed by atoms with Crippen molar-refractivity contribution < 1.29 is 25.8 Å². The fourth-order valence-electron chi connectivity index (χ4n) is 3.63. The van der Waals surface area contributed by atoms with Crippen LogP contribution < -0.4 is 9.64 Å². The summed E-state index contributed by atoms with van der Waals surface area (Å²) in [5.41, 5.74) is 4.36. The maximum Gasteiger partial charge on any atom is 0.151 e. The van der Waals surface area contributed by atoms with Gasteiger partial charge in [-0.3, -0.25) is 0 Å². The molecule has 0 atom stereocenters. The summed E-state index contributed by atoms with van der Waals surface area (Å²) >= 11 is 0. The second-order valence-corrected chi connectivity index (χ2v) is 9.08. The molecule has 1 aromatic carbocycles. The Morgan fingerprint density at radius 2 is 1.85 bits per heavy atom. The van der Waals surface area contributed by atoms with Crippen LogP contribution in [-0.2, 0) is 26.5 Å². The zero-order chi connectivity index (χ0) is 23.2. The maximum absolute atomic E-state index is 6.08. The van der Waals surface area contributed by atoms with Gasteiger partial charge in [-0.2, -0.15) is 17.8 Å². The quantitative estimate of drug-likeness (QED) is 0.290. The van der Waals surface area contributed by atoms with Crippen LogP contribution in [0.2, 0.25) is 0 Å². The van der Waals surface area contributed by atoms with Crippen LogP contribution in [0.4, 0.5) is 5.69 Å². The zero-order valence-electron chi connectivity index (χ0n) is 19.7. The van der Waals surface area contributed by atoms with E-state index in [-0.39, 0.29) is 26.5 Å². The molecule has 178 valence electrons. The first-order valence-corrected chi connectivity index (χ1v) is 10.8. The smallest absolute Gasteiger partial charge is 0.151 e. The van der Waals surface area contributed by atoms with Gasteiger partial charge in [0.15, 0.2) is 5.82 Å². The molecule has 0 saturated carbocycles. The Hall–Kier alpha value is -3.18. The van der Waals surface area contributed by atoms with Gasteiger partial charge < -0.3 is 19.5 Å². The number of aromatic nitrogens is 4. The Morgan fingerprint density at radius 1 is 1.03 bits per heavy atom. The van der Waals surface area contributed by atoms with E-state index < -0.39 is 0 Å². The number of pyridine rings is 2. The molecule has 1 aliphatic rings. The minimum atomic E-state index is 0. The van der Waals surface area contributed by atoms with Gasteiger partial charge in [-0.25, -0.2) is 9.67 Å². The average Bonchev–Trinajstić information content (AvgIpc) is 3.37. The van der Waals surface area contributed by atoms with Gasteiger partial charge in [0.1, 0.15) is 0 Å². The number of ether oxygens (including phenoxy) is 1. The standard InChI is InChI=1S/C26H25N6O.Pt/c1-18-25-23(32(29-18)24-13-19(9-10-27-24)26(2,3)4)15-22(16-28-25)33-21-8-6-7-20(14-21)31-12-11-30(5)17-31;/h6-13,16-17H,1-5H3;/q-3;. The largest absolute Gasteiger partial charge is 0.510 e. The van der Waals surface area contributed by atoms with Crippen molar-refractivity contribution in [1.82, 2.24) is 24.6 Å². The van der Waals surface area contributed by atoms with Crippen LogP contribution in [0.25, 0.3) is 16.9 Å². The fraction of sp³-hybridized carbons (Fsp3) is 0.231. The summed E-state index contributed by atoms with van der Waals surface area (Å²) in [4.78, 5) is 13.1. The maximum atomic E-state index is 6.08. The number of rotatable bonds is 4. The molecule has 0 radical (unpaired) electrons. The predicted molar refractivity (Wildman–Crippen MR) is 128 cm³/mol. The third-order valence-electron chi connectivity index (χ3n) is 5.43. The summed E-state index contributed by atoms with van der Waals surface area (Å²) < 4.78 is 7.86. The van der Waals surface area contributed by atoms with Crippen LogP contribution in [0.15, 0.2) is 55.1 Å². The van der Waals surface area contributed by atoms with Crippen molar-refractivity contribution in [3.05, 3.63) is 85.2 Å². The van der Waals surface area contributed by atoms with E-state index >= 15 is 0 Å². The van der Waals surface area contributed by atoms with Crippen molar-refractivity contribution in [1.29, 1.82) is 0 Å². The molecule has 4 heterocycles. The van der Waals surface area contributed by atoms with E-state index in [0.29, 0.717) is 11.5 Å². The molecule has 34 heavy (non-hydrogen) atoms. The van der Waals surface area contributed by atoms with Gasteiger partial charge in [0, 0.05) is 44.5 Å². The molecule has 0 aliphatic carbocycles. The Morgan fingerprint density at radius 3 is 2.59 bits per heavy atom. The Balaban J connectivity index is 0.00000274. The summed E-state index contributed by atoms with van der Waals surface area (Å²) in [5.74, 6) is 1.80. The number of anilines is 1. The van der Waals surface area contributed by atoms with Gasteiger partial charge in [-0.15, -0.1) is 30.0 Å². The number of nitrogens with zero attached hydrogens (tertiary/aromatic N) is 6. The first kappa shape index (κ1) is 24.0. The third kappa shape index (κ3) is 4.71. The number of hydrogen-bond donors (Lipinski definition) is 0. The molecule has 5 rings (SSSR count). The third-order valence-corrected chi connectivity index (χ3v) is 5.43. The number of aryl methyl sites for hydroxylation is 1. The molecule has 1 aliphatic heterocycles. The predicted octanol–water partition coefficient (Wildman–Crippen LogP) is 5.15. The minimum Gasteiger partial charge on any atom is -0.510 e. The van der Waals surface area contributed by atoms with E-state index in [1.807, 2.05) is 73.3 Å². The van der Waals surface area contributed by atoms with Gasteiger partial charge in [0.2, 0.25) is 0 Å². The van der Waals surface area contributed by atoms with Crippen molar-refractivity contribution in [2.24, 2.45) is 0 Å². The normalized spacial score (nSPS) is 13.4. The Labute approximate surface area is 214 Å². The monoisotopic (exact) mass is 632 g/mol. The van der Waals surface area contributed by atoms with Gasteiger partial charge in [-0.05, 0) is 66.7 Å². The number of fused-ring (bicyclic) bond motifs is 1. The van der Waals surface area contributed by atoms with Crippen LogP contribution in [0.5, 0.6) is 11.5 Å². The molecular weight excluding hydrogens is 607 g/mol. The van der Waals surface area contributed by atoms with Crippen molar-refractivity contribution >= 4 is 16.7 Å². The second kappa shape index (κ2) is 9.22. The number of benzene rings is 1. The van der Waals surface area contributed by atoms with Gasteiger partial charge in [0.25, 0.3) is 0 Å². The van der Waals surface area contributed by atoms with E-state index in [2.05, 4.69) is 54.0 Å². The van der Waals surface area contributed by atoms with Crippen molar-refractivity contribution in [3.63, 3.8) is 0 Å². The van der Waals surface area contributed by atoms with Crippen LogP contribution in [0.3, 0.4) is 0 Å². The molecule has 0 fully saturated rings. The van der Waals surface area contributed by atoms with Crippen LogP contribution in [0, 0.1) is 25.7 Å². The van der Waals surface area contributed by atoms with Crippen molar-refractivity contribution in [2.75, 3.05) is 11.9 Å². The van der Waals surface area contributed by atoms with Gasteiger partial charge in [0.05, 0.1) is 0 Å². The molecule has 0 unspecified atom stereocenters. The van der Waals surface area contributed by atoms with Gasteiger partial charge in [-0.1, -0.05) is 20.8 Å². The molecule has 0 spiro atoms. The molecule has 7 nitrogen and oxygen atoms in total. The van der Waals surface area contributed by atoms with E-state index in [4.69, 9.17) is 4.74 Å². The van der Waals surface area contributed by atoms with E-state index in [1.54, 1.807) is 10.9 Å². The topological polar surface area (TPSA) is 59.3 Å². The summed E-state index contributed by atoms with van der Waals surface area (Å²) in [6, 6.07) is 16.5. The van der Waals surface area contributed by atoms with E-state index in [1.165, 1.54) is 5.56 Å². The summed E-state index contributed by atoms with van der Waals surface area (Å²) in [7, 11) is 1.98. The zero-order valence-corrected chi connectivity index (χ0v) is 22.0.